The fourth-order valence-electron chi connectivity index (χ4n) is 1.87. The zero-order valence-electron chi connectivity index (χ0n) is 13.6. The highest BCUT2D eigenvalue weighted by Crippen LogP contribution is 2.15. The maximum atomic E-state index is 12.1. The lowest BCUT2D eigenvalue weighted by atomic mass is 10.2. The van der Waals surface area contributed by atoms with E-state index in [4.69, 9.17) is 16.3 Å². The number of nitrogens with zero attached hydrogens (tertiary/aromatic N) is 1. The quantitative estimate of drug-likeness (QED) is 0.798. The monoisotopic (exact) mass is 361 g/mol. The van der Waals surface area contributed by atoms with Crippen LogP contribution in [0.3, 0.4) is 0 Å². The van der Waals surface area contributed by atoms with Crippen LogP contribution in [-0.4, -0.2) is 28.9 Å². The van der Waals surface area contributed by atoms with E-state index in [2.05, 4.69) is 15.6 Å². The second-order valence-electron chi connectivity index (χ2n) is 5.15. The molecule has 1 heterocycles. The first kappa shape index (κ1) is 18.4. The molecule has 2 aromatic rings. The summed E-state index contributed by atoms with van der Waals surface area (Å²) in [6, 6.07) is 9.41. The third-order valence-electron chi connectivity index (χ3n) is 3.06. The fraction of sp³-hybridized carbons (Fsp3) is 0.176. The van der Waals surface area contributed by atoms with Crippen LogP contribution in [0.15, 0.2) is 42.6 Å². The molecule has 0 aliphatic heterocycles. The summed E-state index contributed by atoms with van der Waals surface area (Å²) in [6.07, 6.45) is 0.351. The van der Waals surface area contributed by atoms with Crippen molar-refractivity contribution >= 4 is 40.8 Å². The average molecular weight is 362 g/mol. The minimum Gasteiger partial charge on any atom is -0.448 e. The molecule has 0 spiro atoms. The lowest BCUT2D eigenvalue weighted by Gasteiger charge is -2.13. The van der Waals surface area contributed by atoms with E-state index in [0.717, 1.165) is 0 Å². The predicted molar refractivity (Wildman–Crippen MR) is 93.5 cm³/mol. The molecule has 1 atom stereocenters. The van der Waals surface area contributed by atoms with Crippen molar-refractivity contribution in [3.05, 3.63) is 53.3 Å². The number of nitrogens with one attached hydrogen (secondary N) is 2. The number of benzene rings is 1. The SMILES string of the molecule is CC(=O)Nc1ccc(NC(=O)[C@@H](C)OC(=O)c2cc(Cl)ccn2)cc1. The normalized spacial score (nSPS) is 11.3. The summed E-state index contributed by atoms with van der Waals surface area (Å²) in [5, 5.41) is 5.58. The van der Waals surface area contributed by atoms with Crippen LogP contribution in [0.5, 0.6) is 0 Å². The van der Waals surface area contributed by atoms with Gasteiger partial charge in [-0.05, 0) is 43.3 Å². The van der Waals surface area contributed by atoms with Gasteiger partial charge in [0, 0.05) is 29.5 Å². The van der Waals surface area contributed by atoms with E-state index >= 15 is 0 Å². The van der Waals surface area contributed by atoms with Gasteiger partial charge in [0.25, 0.3) is 5.91 Å². The summed E-state index contributed by atoms with van der Waals surface area (Å²) in [5.74, 6) is -1.43. The van der Waals surface area contributed by atoms with Crippen molar-refractivity contribution in [2.75, 3.05) is 10.6 Å². The van der Waals surface area contributed by atoms with Gasteiger partial charge in [-0.3, -0.25) is 9.59 Å². The molecule has 1 aromatic heterocycles. The van der Waals surface area contributed by atoms with Gasteiger partial charge < -0.3 is 15.4 Å². The zero-order chi connectivity index (χ0) is 18.4. The van der Waals surface area contributed by atoms with E-state index in [1.165, 1.54) is 32.2 Å². The van der Waals surface area contributed by atoms with E-state index in [0.29, 0.717) is 16.4 Å². The highest BCUT2D eigenvalue weighted by atomic mass is 35.5. The van der Waals surface area contributed by atoms with Crippen LogP contribution in [0.25, 0.3) is 0 Å². The van der Waals surface area contributed by atoms with E-state index in [1.54, 1.807) is 24.3 Å². The molecule has 2 rings (SSSR count). The van der Waals surface area contributed by atoms with Crippen LogP contribution >= 0.6 is 11.6 Å². The molecule has 0 radical (unpaired) electrons. The van der Waals surface area contributed by atoms with Crippen molar-refractivity contribution < 1.29 is 19.1 Å². The summed E-state index contributed by atoms with van der Waals surface area (Å²) in [4.78, 5) is 38.9. The number of hydrogen-bond donors (Lipinski definition) is 2. The molecule has 0 unspecified atom stereocenters. The molecule has 0 saturated carbocycles. The molecule has 8 heteroatoms. The largest absolute Gasteiger partial charge is 0.448 e. The molecule has 2 amide bonds. The van der Waals surface area contributed by atoms with Crippen molar-refractivity contribution in [1.82, 2.24) is 4.98 Å². The van der Waals surface area contributed by atoms with Crippen LogP contribution in [0.4, 0.5) is 11.4 Å². The Morgan fingerprint density at radius 3 is 2.24 bits per heavy atom. The van der Waals surface area contributed by atoms with Crippen LogP contribution in [-0.2, 0) is 14.3 Å². The van der Waals surface area contributed by atoms with Crippen LogP contribution in [0.1, 0.15) is 24.3 Å². The van der Waals surface area contributed by atoms with Crippen molar-refractivity contribution in [2.24, 2.45) is 0 Å². The maximum absolute atomic E-state index is 12.1. The third kappa shape index (κ3) is 5.58. The maximum Gasteiger partial charge on any atom is 0.357 e. The van der Waals surface area contributed by atoms with Gasteiger partial charge >= 0.3 is 5.97 Å². The van der Waals surface area contributed by atoms with E-state index < -0.39 is 18.0 Å². The Balaban J connectivity index is 1.93. The molecule has 1 aromatic carbocycles. The highest BCUT2D eigenvalue weighted by molar-refractivity contribution is 6.30. The van der Waals surface area contributed by atoms with E-state index in [1.807, 2.05) is 0 Å². The number of carbonyl (C=O) groups excluding carboxylic acids is 3. The number of esters is 1. The summed E-state index contributed by atoms with van der Waals surface area (Å²) < 4.78 is 5.07. The Morgan fingerprint density at radius 1 is 1.08 bits per heavy atom. The average Bonchev–Trinajstić information content (AvgIpc) is 2.56. The summed E-state index contributed by atoms with van der Waals surface area (Å²) in [6.45, 7) is 2.85. The van der Waals surface area contributed by atoms with Gasteiger partial charge in [0.05, 0.1) is 0 Å². The summed E-state index contributed by atoms with van der Waals surface area (Å²) >= 11 is 5.79. The van der Waals surface area contributed by atoms with Gasteiger partial charge in [0.15, 0.2) is 6.10 Å². The second kappa shape index (κ2) is 8.25. The lowest BCUT2D eigenvalue weighted by molar-refractivity contribution is -0.123. The highest BCUT2D eigenvalue weighted by Gasteiger charge is 2.20. The number of amides is 2. The molecule has 0 aliphatic rings. The number of halogens is 1. The first-order valence-electron chi connectivity index (χ1n) is 7.36. The van der Waals surface area contributed by atoms with E-state index in [-0.39, 0.29) is 11.6 Å². The summed E-state index contributed by atoms with van der Waals surface area (Å²) in [5.41, 5.74) is 1.13. The first-order chi connectivity index (χ1) is 11.8. The standard InChI is InChI=1S/C17H16ClN3O4/c1-10(25-17(24)15-9-12(18)7-8-19-15)16(23)21-14-5-3-13(4-6-14)20-11(2)22/h3-10H,1-2H3,(H,20,22)(H,21,23)/t10-/m1/s1. The van der Waals surface area contributed by atoms with Gasteiger partial charge in [-0.25, -0.2) is 9.78 Å². The first-order valence-corrected chi connectivity index (χ1v) is 7.74. The number of rotatable bonds is 5. The lowest BCUT2D eigenvalue weighted by Crippen LogP contribution is -2.30. The van der Waals surface area contributed by atoms with Crippen LogP contribution in [0, 0.1) is 0 Å². The Kier molecular flexibility index (Phi) is 6.08. The summed E-state index contributed by atoms with van der Waals surface area (Å²) in [7, 11) is 0. The van der Waals surface area contributed by atoms with Crippen molar-refractivity contribution in [3.63, 3.8) is 0 Å². The van der Waals surface area contributed by atoms with E-state index in [9.17, 15) is 14.4 Å². The third-order valence-corrected chi connectivity index (χ3v) is 3.29. The smallest absolute Gasteiger partial charge is 0.357 e. The van der Waals surface area contributed by atoms with Gasteiger partial charge in [-0.1, -0.05) is 11.6 Å². The fourth-order valence-corrected chi connectivity index (χ4v) is 2.03. The minimum atomic E-state index is -1.02. The van der Waals surface area contributed by atoms with Gasteiger partial charge in [0.2, 0.25) is 5.91 Å². The Labute approximate surface area is 149 Å². The van der Waals surface area contributed by atoms with Gasteiger partial charge in [0.1, 0.15) is 5.69 Å². The molecule has 7 nitrogen and oxygen atoms in total. The molecule has 2 N–H and O–H groups in total. The van der Waals surface area contributed by atoms with Crippen molar-refractivity contribution in [1.29, 1.82) is 0 Å². The number of anilines is 2. The molecule has 25 heavy (non-hydrogen) atoms. The number of carbonyl (C=O) groups is 3. The minimum absolute atomic E-state index is 0.0202. The molecule has 0 bridgehead atoms. The Hall–Kier alpha value is -2.93. The van der Waals surface area contributed by atoms with Crippen LogP contribution < -0.4 is 10.6 Å². The second-order valence-corrected chi connectivity index (χ2v) is 5.59. The van der Waals surface area contributed by atoms with Crippen molar-refractivity contribution in [3.8, 4) is 0 Å². The molecular weight excluding hydrogens is 346 g/mol. The molecular formula is C17H16ClN3O4. The zero-order valence-corrected chi connectivity index (χ0v) is 14.3. The number of aromatic nitrogens is 1. The number of pyridine rings is 1. The van der Waals surface area contributed by atoms with Gasteiger partial charge in [-0.15, -0.1) is 0 Å². The molecule has 0 aliphatic carbocycles. The molecule has 0 fully saturated rings. The predicted octanol–water partition coefficient (Wildman–Crippen LogP) is 2.88. The molecule has 0 saturated heterocycles. The number of ether oxygens (including phenoxy) is 1. The number of hydrogen-bond acceptors (Lipinski definition) is 5. The van der Waals surface area contributed by atoms with Gasteiger partial charge in [-0.2, -0.15) is 0 Å². The topological polar surface area (TPSA) is 97.4 Å². The Morgan fingerprint density at radius 2 is 1.68 bits per heavy atom. The van der Waals surface area contributed by atoms with Crippen molar-refractivity contribution in [2.45, 2.75) is 20.0 Å². The molecule has 130 valence electrons. The Bertz CT molecular complexity index is 793. The van der Waals surface area contributed by atoms with Crippen LogP contribution in [0.2, 0.25) is 5.02 Å².